The number of nitrogens with one attached hydrogen (secondary N) is 1. The Morgan fingerprint density at radius 1 is 1.07 bits per heavy atom. The molecule has 0 spiro atoms. The third-order valence-corrected chi connectivity index (χ3v) is 8.54. The van der Waals surface area contributed by atoms with Crippen molar-refractivity contribution in [2.75, 3.05) is 13.1 Å². The SMILES string of the molecule is CCn1ccc2cc(S(=O)(=O)N3CCCC(C(=O)NC4CCCCCC4)C3)ccc21. The molecule has 2 fully saturated rings. The highest BCUT2D eigenvalue weighted by Crippen LogP contribution is 2.27. The Morgan fingerprint density at radius 2 is 1.83 bits per heavy atom. The van der Waals surface area contributed by atoms with Gasteiger partial charge >= 0.3 is 0 Å². The summed E-state index contributed by atoms with van der Waals surface area (Å²) in [6, 6.07) is 7.53. The van der Waals surface area contributed by atoms with Crippen molar-refractivity contribution in [3.8, 4) is 0 Å². The highest BCUT2D eigenvalue weighted by Gasteiger charge is 2.34. The molecule has 1 N–H and O–H groups in total. The number of aryl methyl sites for hydroxylation is 1. The molecule has 1 atom stereocenters. The molecule has 6 nitrogen and oxygen atoms in total. The van der Waals surface area contributed by atoms with E-state index in [1.54, 1.807) is 12.1 Å². The summed E-state index contributed by atoms with van der Waals surface area (Å²) in [6.45, 7) is 3.66. The Kier molecular flexibility index (Phi) is 6.48. The van der Waals surface area contributed by atoms with Gasteiger partial charge in [0.05, 0.1) is 10.8 Å². The number of fused-ring (bicyclic) bond motifs is 1. The van der Waals surface area contributed by atoms with Crippen LogP contribution in [0.15, 0.2) is 35.4 Å². The summed E-state index contributed by atoms with van der Waals surface area (Å²) in [5.74, 6) is -0.237. The minimum Gasteiger partial charge on any atom is -0.353 e. The van der Waals surface area contributed by atoms with E-state index in [4.69, 9.17) is 0 Å². The van der Waals surface area contributed by atoms with E-state index in [2.05, 4.69) is 16.8 Å². The second-order valence-electron chi connectivity index (χ2n) is 8.72. The Morgan fingerprint density at radius 3 is 2.57 bits per heavy atom. The Labute approximate surface area is 179 Å². The number of hydrogen-bond acceptors (Lipinski definition) is 3. The van der Waals surface area contributed by atoms with E-state index < -0.39 is 10.0 Å². The number of amides is 1. The van der Waals surface area contributed by atoms with E-state index in [0.717, 1.165) is 43.1 Å². The second kappa shape index (κ2) is 9.10. The number of benzene rings is 1. The summed E-state index contributed by atoms with van der Waals surface area (Å²) in [5, 5.41) is 4.14. The lowest BCUT2D eigenvalue weighted by Crippen LogP contribution is -2.47. The first-order valence-corrected chi connectivity index (χ1v) is 12.8. The Balaban J connectivity index is 1.47. The number of nitrogens with zero attached hydrogens (tertiary/aromatic N) is 2. The number of piperidine rings is 1. The van der Waals surface area contributed by atoms with Crippen LogP contribution in [0.25, 0.3) is 10.9 Å². The predicted molar refractivity (Wildman–Crippen MR) is 119 cm³/mol. The standard InChI is InChI=1S/C23H33N3O3S/c1-2-25-15-13-18-16-21(11-12-22(18)25)30(28,29)26-14-7-8-19(17-26)23(27)24-20-9-5-3-4-6-10-20/h11-13,15-16,19-20H,2-10,14,17H2,1H3,(H,24,27). The van der Waals surface area contributed by atoms with Crippen molar-refractivity contribution in [3.05, 3.63) is 30.5 Å². The molecular formula is C23H33N3O3S. The smallest absolute Gasteiger partial charge is 0.243 e. The van der Waals surface area contributed by atoms with Gasteiger partial charge in [0.15, 0.2) is 0 Å². The topological polar surface area (TPSA) is 71.4 Å². The molecule has 164 valence electrons. The number of sulfonamides is 1. The van der Waals surface area contributed by atoms with Crippen molar-refractivity contribution >= 4 is 26.8 Å². The molecular weight excluding hydrogens is 398 g/mol. The highest BCUT2D eigenvalue weighted by atomic mass is 32.2. The third kappa shape index (κ3) is 4.42. The van der Waals surface area contributed by atoms with E-state index in [9.17, 15) is 13.2 Å². The Hall–Kier alpha value is -1.86. The summed E-state index contributed by atoms with van der Waals surface area (Å²) in [6.07, 6.45) is 10.4. The summed E-state index contributed by atoms with van der Waals surface area (Å²) in [7, 11) is -3.61. The van der Waals surface area contributed by atoms with E-state index in [-0.39, 0.29) is 24.4 Å². The first-order valence-electron chi connectivity index (χ1n) is 11.4. The molecule has 2 aromatic rings. The maximum atomic E-state index is 13.3. The zero-order valence-corrected chi connectivity index (χ0v) is 18.7. The second-order valence-corrected chi connectivity index (χ2v) is 10.7. The number of hydrogen-bond donors (Lipinski definition) is 1. The predicted octanol–water partition coefficient (Wildman–Crippen LogP) is 3.90. The van der Waals surface area contributed by atoms with Crippen molar-refractivity contribution in [2.24, 2.45) is 5.92 Å². The quantitative estimate of drug-likeness (QED) is 0.730. The van der Waals surface area contributed by atoms with E-state index in [1.165, 1.54) is 30.0 Å². The molecule has 1 saturated carbocycles. The van der Waals surface area contributed by atoms with Gasteiger partial charge in [-0.2, -0.15) is 4.31 Å². The Bertz CT molecular complexity index is 990. The molecule has 1 amide bonds. The molecule has 7 heteroatoms. The maximum Gasteiger partial charge on any atom is 0.243 e. The van der Waals surface area contributed by atoms with E-state index >= 15 is 0 Å². The van der Waals surface area contributed by atoms with Crippen LogP contribution in [0, 0.1) is 5.92 Å². The van der Waals surface area contributed by atoms with Crippen LogP contribution in [0.1, 0.15) is 58.3 Å². The first kappa shape index (κ1) is 21.4. The molecule has 2 aliphatic rings. The van der Waals surface area contributed by atoms with Crippen LogP contribution in [-0.2, 0) is 21.4 Å². The highest BCUT2D eigenvalue weighted by molar-refractivity contribution is 7.89. The van der Waals surface area contributed by atoms with Crippen molar-refractivity contribution < 1.29 is 13.2 Å². The molecule has 0 radical (unpaired) electrons. The van der Waals surface area contributed by atoms with Crippen molar-refractivity contribution in [2.45, 2.75) is 75.8 Å². The number of rotatable bonds is 5. The average molecular weight is 432 g/mol. The van der Waals surface area contributed by atoms with Gasteiger partial charge in [-0.15, -0.1) is 0 Å². The van der Waals surface area contributed by atoms with Gasteiger partial charge in [0.25, 0.3) is 0 Å². The number of aromatic nitrogens is 1. The van der Waals surface area contributed by atoms with Crippen LogP contribution >= 0.6 is 0 Å². The van der Waals surface area contributed by atoms with Gasteiger partial charge in [-0.25, -0.2) is 8.42 Å². The van der Waals surface area contributed by atoms with Crippen molar-refractivity contribution in [1.29, 1.82) is 0 Å². The molecule has 1 unspecified atom stereocenters. The molecule has 2 heterocycles. The van der Waals surface area contributed by atoms with Gasteiger partial charge in [-0.05, 0) is 56.9 Å². The summed E-state index contributed by atoms with van der Waals surface area (Å²) < 4.78 is 30.2. The zero-order chi connectivity index (χ0) is 21.1. The van der Waals surface area contributed by atoms with Crippen LogP contribution in [0.5, 0.6) is 0 Å². The molecule has 30 heavy (non-hydrogen) atoms. The number of carbonyl (C=O) groups excluding carboxylic acids is 1. The fraction of sp³-hybridized carbons (Fsp3) is 0.609. The molecule has 1 saturated heterocycles. The zero-order valence-electron chi connectivity index (χ0n) is 17.8. The van der Waals surface area contributed by atoms with Crippen LogP contribution in [0.4, 0.5) is 0 Å². The van der Waals surface area contributed by atoms with E-state index in [0.29, 0.717) is 11.4 Å². The van der Waals surface area contributed by atoms with Gasteiger partial charge in [-0.3, -0.25) is 4.79 Å². The molecule has 0 bridgehead atoms. The van der Waals surface area contributed by atoms with Crippen LogP contribution in [-0.4, -0.2) is 42.3 Å². The van der Waals surface area contributed by atoms with Gasteiger partial charge in [0.2, 0.25) is 15.9 Å². The van der Waals surface area contributed by atoms with Gasteiger partial charge in [-0.1, -0.05) is 25.7 Å². The third-order valence-electron chi connectivity index (χ3n) is 6.68. The fourth-order valence-corrected chi connectivity index (χ4v) is 6.44. The normalized spacial score (nSPS) is 22.1. The number of carbonyl (C=O) groups is 1. The summed E-state index contributed by atoms with van der Waals surface area (Å²) >= 11 is 0. The summed E-state index contributed by atoms with van der Waals surface area (Å²) in [4.78, 5) is 13.2. The lowest BCUT2D eigenvalue weighted by molar-refractivity contribution is -0.126. The monoisotopic (exact) mass is 431 g/mol. The average Bonchev–Trinajstić information content (AvgIpc) is 3.00. The fourth-order valence-electron chi connectivity index (χ4n) is 4.88. The van der Waals surface area contributed by atoms with Gasteiger partial charge in [0, 0.05) is 42.8 Å². The van der Waals surface area contributed by atoms with Crippen molar-refractivity contribution in [1.82, 2.24) is 14.2 Å². The van der Waals surface area contributed by atoms with Crippen molar-refractivity contribution in [3.63, 3.8) is 0 Å². The summed E-state index contributed by atoms with van der Waals surface area (Å²) in [5.41, 5.74) is 1.04. The lowest BCUT2D eigenvalue weighted by Gasteiger charge is -2.32. The van der Waals surface area contributed by atoms with Crippen LogP contribution in [0.3, 0.4) is 0 Å². The first-order chi connectivity index (χ1) is 14.5. The van der Waals surface area contributed by atoms with E-state index in [1.807, 2.05) is 18.3 Å². The molecule has 1 aliphatic heterocycles. The largest absolute Gasteiger partial charge is 0.353 e. The van der Waals surface area contributed by atoms with Crippen LogP contribution < -0.4 is 5.32 Å². The molecule has 1 aliphatic carbocycles. The van der Waals surface area contributed by atoms with Gasteiger partial charge in [0.1, 0.15) is 0 Å². The molecule has 4 rings (SSSR count). The van der Waals surface area contributed by atoms with Crippen LogP contribution in [0.2, 0.25) is 0 Å². The molecule has 1 aromatic carbocycles. The minimum atomic E-state index is -3.61. The minimum absolute atomic E-state index is 0.0253. The molecule has 1 aromatic heterocycles. The maximum absolute atomic E-state index is 13.3. The van der Waals surface area contributed by atoms with Gasteiger partial charge < -0.3 is 9.88 Å². The lowest BCUT2D eigenvalue weighted by atomic mass is 9.97.